The number of likely N-dealkylation sites (N-methyl/N-ethyl adjacent to an activating group) is 1. The zero-order chi connectivity index (χ0) is 20.3. The van der Waals surface area contributed by atoms with Crippen molar-refractivity contribution in [3.63, 3.8) is 0 Å². The quantitative estimate of drug-likeness (QED) is 0.649. The Morgan fingerprint density at radius 2 is 2.07 bits per heavy atom. The first-order chi connectivity index (χ1) is 13.3. The van der Waals surface area contributed by atoms with Crippen LogP contribution in [0.15, 0.2) is 18.2 Å². The molecule has 0 aromatic heterocycles. The number of benzene rings is 1. The summed E-state index contributed by atoms with van der Waals surface area (Å²) in [6.07, 6.45) is 0.523. The summed E-state index contributed by atoms with van der Waals surface area (Å²) in [7, 11) is 1.74. The maximum Gasteiger partial charge on any atom is 0.317 e. The molecule has 1 aromatic carbocycles. The van der Waals surface area contributed by atoms with Gasteiger partial charge in [-0.25, -0.2) is 10.9 Å². The average Bonchev–Trinajstić information content (AvgIpc) is 3.13. The summed E-state index contributed by atoms with van der Waals surface area (Å²) in [4.78, 5) is 27.3. The minimum atomic E-state index is -0.871. The Kier molecular flexibility index (Phi) is 6.66. The normalized spacial score (nSPS) is 25.3. The molecule has 3 N–H and O–H groups in total. The first kappa shape index (κ1) is 20.7. The van der Waals surface area contributed by atoms with Crippen LogP contribution < -0.4 is 10.9 Å². The van der Waals surface area contributed by atoms with Gasteiger partial charge in [-0.05, 0) is 44.0 Å². The van der Waals surface area contributed by atoms with E-state index in [4.69, 9.17) is 9.84 Å². The summed E-state index contributed by atoms with van der Waals surface area (Å²) in [5.74, 6) is -0.808. The van der Waals surface area contributed by atoms with E-state index in [0.29, 0.717) is 32.7 Å². The van der Waals surface area contributed by atoms with Crippen LogP contribution in [0.25, 0.3) is 0 Å². The molecule has 8 heteroatoms. The Morgan fingerprint density at radius 3 is 2.79 bits per heavy atom. The number of nitrogens with one attached hydrogen (secondary N) is 2. The molecule has 0 radical (unpaired) electrons. The molecule has 0 spiro atoms. The maximum absolute atomic E-state index is 13.0. The van der Waals surface area contributed by atoms with E-state index in [1.54, 1.807) is 11.9 Å². The molecule has 28 heavy (non-hydrogen) atoms. The van der Waals surface area contributed by atoms with Crippen LogP contribution in [0.5, 0.6) is 0 Å². The van der Waals surface area contributed by atoms with E-state index in [9.17, 15) is 9.59 Å². The van der Waals surface area contributed by atoms with Gasteiger partial charge in [0.05, 0.1) is 19.3 Å². The summed E-state index contributed by atoms with van der Waals surface area (Å²) < 4.78 is 5.72. The van der Waals surface area contributed by atoms with E-state index < -0.39 is 5.97 Å². The molecule has 154 valence electrons. The van der Waals surface area contributed by atoms with Gasteiger partial charge < -0.3 is 14.7 Å². The van der Waals surface area contributed by atoms with Gasteiger partial charge in [-0.3, -0.25) is 14.5 Å². The van der Waals surface area contributed by atoms with Crippen LogP contribution >= 0.6 is 0 Å². The lowest BCUT2D eigenvalue weighted by atomic mass is 9.97. The fourth-order valence-electron chi connectivity index (χ4n) is 3.81. The van der Waals surface area contributed by atoms with Crippen molar-refractivity contribution in [3.8, 4) is 0 Å². The number of aliphatic carboxylic acids is 1. The van der Waals surface area contributed by atoms with E-state index in [1.807, 2.05) is 4.90 Å². The Hall–Kier alpha value is -2.00. The predicted molar refractivity (Wildman–Crippen MR) is 105 cm³/mol. The molecule has 1 amide bonds. The largest absolute Gasteiger partial charge is 0.480 e. The van der Waals surface area contributed by atoms with Crippen LogP contribution in [0.2, 0.25) is 0 Å². The Bertz CT molecular complexity index is 726. The molecule has 0 saturated carbocycles. The van der Waals surface area contributed by atoms with E-state index in [0.717, 1.165) is 0 Å². The van der Waals surface area contributed by atoms with Crippen LogP contribution in [-0.4, -0.2) is 78.8 Å². The lowest BCUT2D eigenvalue weighted by molar-refractivity contribution is -0.143. The van der Waals surface area contributed by atoms with Crippen molar-refractivity contribution in [3.05, 3.63) is 34.9 Å². The smallest absolute Gasteiger partial charge is 0.317 e. The molecule has 2 aliphatic rings. The van der Waals surface area contributed by atoms with Gasteiger partial charge in [0, 0.05) is 25.7 Å². The molecule has 1 aromatic rings. The molecule has 2 fully saturated rings. The SMILES string of the molecule is Cc1ccc(C2CC(C(=O)N3CCOC(CN(C)CC(=O)O)C3)NN2)cc1C. The number of morpholine rings is 1. The number of carboxylic acid groups (broad SMARTS) is 1. The van der Waals surface area contributed by atoms with Gasteiger partial charge in [0.15, 0.2) is 0 Å². The standard InChI is InChI=1S/C20H30N4O4/c1-13-4-5-15(8-14(13)2)17-9-18(22-21-17)20(27)24-6-7-28-16(11-24)10-23(3)12-19(25)26/h4-5,8,16-18,21-22H,6-7,9-12H2,1-3H3,(H,25,26). The van der Waals surface area contributed by atoms with Crippen molar-refractivity contribution in [1.29, 1.82) is 0 Å². The topological polar surface area (TPSA) is 94.1 Å². The number of carbonyl (C=O) groups excluding carboxylic acids is 1. The number of carbonyl (C=O) groups is 2. The summed E-state index contributed by atoms with van der Waals surface area (Å²) >= 11 is 0. The van der Waals surface area contributed by atoms with Crippen molar-refractivity contribution < 1.29 is 19.4 Å². The summed E-state index contributed by atoms with van der Waals surface area (Å²) in [5.41, 5.74) is 10.1. The molecule has 0 bridgehead atoms. The number of hydrogen-bond donors (Lipinski definition) is 3. The second-order valence-electron chi connectivity index (χ2n) is 7.84. The lowest BCUT2D eigenvalue weighted by Crippen LogP contribution is -2.54. The van der Waals surface area contributed by atoms with E-state index in [-0.39, 0.29) is 30.6 Å². The summed E-state index contributed by atoms with van der Waals surface area (Å²) in [6, 6.07) is 6.22. The highest BCUT2D eigenvalue weighted by Crippen LogP contribution is 2.25. The molecular weight excluding hydrogens is 360 g/mol. The van der Waals surface area contributed by atoms with E-state index >= 15 is 0 Å². The number of carboxylic acids is 1. The molecule has 3 unspecified atom stereocenters. The van der Waals surface area contributed by atoms with Crippen LogP contribution in [-0.2, 0) is 14.3 Å². The van der Waals surface area contributed by atoms with Crippen LogP contribution in [0.3, 0.4) is 0 Å². The number of amides is 1. The Morgan fingerprint density at radius 1 is 1.29 bits per heavy atom. The summed E-state index contributed by atoms with van der Waals surface area (Å²) in [5, 5.41) is 8.89. The maximum atomic E-state index is 13.0. The third-order valence-corrected chi connectivity index (χ3v) is 5.51. The zero-order valence-corrected chi connectivity index (χ0v) is 16.8. The number of nitrogens with zero attached hydrogens (tertiary/aromatic N) is 2. The highest BCUT2D eigenvalue weighted by atomic mass is 16.5. The average molecular weight is 390 g/mol. The number of hydrazine groups is 1. The van der Waals surface area contributed by atoms with Crippen molar-refractivity contribution in [2.75, 3.05) is 39.8 Å². The fourth-order valence-corrected chi connectivity index (χ4v) is 3.81. The highest BCUT2D eigenvalue weighted by molar-refractivity contribution is 5.82. The number of aryl methyl sites for hydroxylation is 2. The monoisotopic (exact) mass is 390 g/mol. The zero-order valence-electron chi connectivity index (χ0n) is 16.8. The van der Waals surface area contributed by atoms with E-state index in [2.05, 4.69) is 42.9 Å². The molecular formula is C20H30N4O4. The van der Waals surface area contributed by atoms with Gasteiger partial charge in [0.2, 0.25) is 5.91 Å². The fraction of sp³-hybridized carbons (Fsp3) is 0.600. The van der Waals surface area contributed by atoms with Crippen molar-refractivity contribution in [2.45, 2.75) is 38.5 Å². The van der Waals surface area contributed by atoms with Crippen LogP contribution in [0.4, 0.5) is 0 Å². The minimum Gasteiger partial charge on any atom is -0.480 e. The van der Waals surface area contributed by atoms with Gasteiger partial charge in [0.1, 0.15) is 6.04 Å². The number of ether oxygens (including phenoxy) is 1. The summed E-state index contributed by atoms with van der Waals surface area (Å²) in [6.45, 7) is 6.14. The second-order valence-corrected chi connectivity index (χ2v) is 7.84. The molecule has 3 rings (SSSR count). The molecule has 2 heterocycles. The van der Waals surface area contributed by atoms with Gasteiger partial charge >= 0.3 is 5.97 Å². The Labute approximate surface area is 165 Å². The lowest BCUT2D eigenvalue weighted by Gasteiger charge is -2.35. The van der Waals surface area contributed by atoms with Gasteiger partial charge in [-0.1, -0.05) is 18.2 Å². The third kappa shape index (κ3) is 5.08. The first-order valence-corrected chi connectivity index (χ1v) is 9.72. The van der Waals surface area contributed by atoms with Gasteiger partial charge in [-0.15, -0.1) is 0 Å². The highest BCUT2D eigenvalue weighted by Gasteiger charge is 2.35. The van der Waals surface area contributed by atoms with Crippen LogP contribution in [0, 0.1) is 13.8 Å². The predicted octanol–water partition coefficient (Wildman–Crippen LogP) is 0.455. The van der Waals surface area contributed by atoms with Crippen molar-refractivity contribution in [2.24, 2.45) is 0 Å². The molecule has 3 atom stereocenters. The second kappa shape index (κ2) is 9.00. The molecule has 2 saturated heterocycles. The van der Waals surface area contributed by atoms with Gasteiger partial charge in [0.25, 0.3) is 0 Å². The van der Waals surface area contributed by atoms with Gasteiger partial charge in [-0.2, -0.15) is 0 Å². The van der Waals surface area contributed by atoms with Crippen molar-refractivity contribution >= 4 is 11.9 Å². The molecule has 0 aliphatic carbocycles. The third-order valence-electron chi connectivity index (χ3n) is 5.51. The van der Waals surface area contributed by atoms with Crippen LogP contribution in [0.1, 0.15) is 29.2 Å². The molecule has 8 nitrogen and oxygen atoms in total. The first-order valence-electron chi connectivity index (χ1n) is 9.72. The van der Waals surface area contributed by atoms with E-state index in [1.165, 1.54) is 16.7 Å². The minimum absolute atomic E-state index is 0.0421. The number of hydrogen-bond acceptors (Lipinski definition) is 6. The molecule has 2 aliphatic heterocycles. The van der Waals surface area contributed by atoms with Crippen molar-refractivity contribution in [1.82, 2.24) is 20.7 Å². The number of rotatable bonds is 6. The Balaban J connectivity index is 1.55.